The third-order valence-electron chi connectivity index (χ3n) is 3.84. The fourth-order valence-corrected chi connectivity index (χ4v) is 3.46. The summed E-state index contributed by atoms with van der Waals surface area (Å²) in [5.74, 6) is 0.514. The quantitative estimate of drug-likeness (QED) is 0.785. The minimum atomic E-state index is -0.397. The molecule has 1 amide bonds. The van der Waals surface area contributed by atoms with Crippen molar-refractivity contribution >= 4 is 28.5 Å². The number of aliphatic imine (C=N–C) groups is 1. The summed E-state index contributed by atoms with van der Waals surface area (Å²) in [5.41, 5.74) is 6.87. The Bertz CT molecular complexity index is 843. The molecule has 1 aliphatic rings. The molecule has 1 aromatic carbocycles. The van der Waals surface area contributed by atoms with Gasteiger partial charge in [0.25, 0.3) is 11.5 Å². The molecule has 2 heterocycles. The Labute approximate surface area is 142 Å². The largest absolute Gasteiger partial charge is 0.379 e. The highest BCUT2D eigenvalue weighted by atomic mass is 32.2. The number of hydrogen-bond acceptors (Lipinski definition) is 6. The van der Waals surface area contributed by atoms with E-state index in [1.807, 2.05) is 25.1 Å². The van der Waals surface area contributed by atoms with Crippen molar-refractivity contribution in [2.45, 2.75) is 18.9 Å². The maximum Gasteiger partial charge on any atom is 0.275 e. The topological polar surface area (TPSA) is 113 Å². The molecule has 7 nitrogen and oxygen atoms in total. The second-order valence-electron chi connectivity index (χ2n) is 5.65. The highest BCUT2D eigenvalue weighted by molar-refractivity contribution is 8.13. The Morgan fingerprint density at radius 1 is 1.46 bits per heavy atom. The average molecular weight is 343 g/mol. The van der Waals surface area contributed by atoms with Crippen LogP contribution in [0, 0.1) is 0 Å². The number of nitrogens with two attached hydrogens (primary N) is 1. The van der Waals surface area contributed by atoms with Gasteiger partial charge in [0.2, 0.25) is 0 Å². The van der Waals surface area contributed by atoms with E-state index in [2.05, 4.69) is 20.3 Å². The molecule has 24 heavy (non-hydrogen) atoms. The van der Waals surface area contributed by atoms with Crippen LogP contribution in [0.2, 0.25) is 0 Å². The molecule has 124 valence electrons. The van der Waals surface area contributed by atoms with Crippen LogP contribution < -0.4 is 16.6 Å². The first kappa shape index (κ1) is 16.3. The summed E-state index contributed by atoms with van der Waals surface area (Å²) in [4.78, 5) is 34.0. The fraction of sp³-hybridized carbons (Fsp3) is 0.250. The van der Waals surface area contributed by atoms with Crippen LogP contribution in [-0.2, 0) is 5.54 Å². The van der Waals surface area contributed by atoms with Gasteiger partial charge in [-0.1, -0.05) is 23.9 Å². The number of amides is 1. The van der Waals surface area contributed by atoms with Crippen LogP contribution >= 0.6 is 11.8 Å². The third kappa shape index (κ3) is 3.48. The van der Waals surface area contributed by atoms with Gasteiger partial charge in [-0.2, -0.15) is 0 Å². The van der Waals surface area contributed by atoms with Crippen LogP contribution in [-0.4, -0.2) is 26.8 Å². The smallest absolute Gasteiger partial charge is 0.275 e. The molecule has 0 fully saturated rings. The molecular weight excluding hydrogens is 326 g/mol. The Kier molecular flexibility index (Phi) is 4.39. The van der Waals surface area contributed by atoms with E-state index in [9.17, 15) is 9.59 Å². The molecule has 1 aliphatic heterocycles. The lowest BCUT2D eigenvalue weighted by molar-refractivity contribution is 0.102. The van der Waals surface area contributed by atoms with E-state index < -0.39 is 11.4 Å². The lowest BCUT2D eigenvalue weighted by atomic mass is 9.89. The van der Waals surface area contributed by atoms with Gasteiger partial charge in [0.05, 0.1) is 11.7 Å². The van der Waals surface area contributed by atoms with E-state index >= 15 is 0 Å². The molecule has 0 bridgehead atoms. The average Bonchev–Trinajstić information content (AvgIpc) is 2.55. The number of carbonyl (C=O) groups is 1. The number of thioether (sulfide) groups is 1. The number of aromatic amines is 1. The highest BCUT2D eigenvalue weighted by Crippen LogP contribution is 2.35. The summed E-state index contributed by atoms with van der Waals surface area (Å²) in [6, 6.07) is 7.52. The van der Waals surface area contributed by atoms with E-state index in [0.717, 1.165) is 23.9 Å². The summed E-state index contributed by atoms with van der Waals surface area (Å²) < 4.78 is 0. The van der Waals surface area contributed by atoms with E-state index in [1.54, 1.807) is 17.8 Å². The summed E-state index contributed by atoms with van der Waals surface area (Å²) in [6.07, 6.45) is 3.23. The van der Waals surface area contributed by atoms with Gasteiger partial charge in [0.15, 0.2) is 5.17 Å². The van der Waals surface area contributed by atoms with Crippen molar-refractivity contribution in [1.82, 2.24) is 9.97 Å². The lowest BCUT2D eigenvalue weighted by Crippen LogP contribution is -2.28. The lowest BCUT2D eigenvalue weighted by Gasteiger charge is -2.30. The molecule has 0 saturated heterocycles. The van der Waals surface area contributed by atoms with Crippen molar-refractivity contribution in [3.05, 3.63) is 58.3 Å². The summed E-state index contributed by atoms with van der Waals surface area (Å²) in [7, 11) is 0. The zero-order chi connectivity index (χ0) is 17.2. The number of aromatic nitrogens is 2. The Morgan fingerprint density at radius 2 is 2.29 bits per heavy atom. The van der Waals surface area contributed by atoms with Gasteiger partial charge in [0, 0.05) is 17.6 Å². The van der Waals surface area contributed by atoms with Crippen molar-refractivity contribution < 1.29 is 4.79 Å². The van der Waals surface area contributed by atoms with Gasteiger partial charge in [-0.25, -0.2) is 4.98 Å². The standard InChI is InChI=1S/C16H17N5O2S/c1-16(5-6-24-15(17)21-16)10-3-2-4-11(7-10)20-14(23)12-8-19-13(22)9-18-12/h2-4,7-9H,5-6H2,1H3,(H2,17,21)(H,19,22)(H,20,23). The molecule has 1 unspecified atom stereocenters. The molecule has 1 atom stereocenters. The first-order chi connectivity index (χ1) is 11.5. The maximum atomic E-state index is 12.2. The Hall–Kier alpha value is -2.61. The fourth-order valence-electron chi connectivity index (χ4n) is 2.49. The van der Waals surface area contributed by atoms with Crippen LogP contribution in [0.3, 0.4) is 0 Å². The number of H-pyrrole nitrogens is 1. The minimum Gasteiger partial charge on any atom is -0.379 e. The van der Waals surface area contributed by atoms with Gasteiger partial charge in [-0.05, 0) is 31.0 Å². The predicted molar refractivity (Wildman–Crippen MR) is 95.3 cm³/mol. The van der Waals surface area contributed by atoms with Crippen LogP contribution in [0.25, 0.3) is 0 Å². The van der Waals surface area contributed by atoms with Crippen LogP contribution in [0.4, 0.5) is 5.69 Å². The Morgan fingerprint density at radius 3 is 3.00 bits per heavy atom. The SMILES string of the molecule is CC1(c2cccc(NC(=O)c3c[nH]c(=O)cn3)c2)CCSC(N)=N1. The van der Waals surface area contributed by atoms with Crippen molar-refractivity contribution in [3.8, 4) is 0 Å². The second-order valence-corrected chi connectivity index (χ2v) is 6.77. The highest BCUT2D eigenvalue weighted by Gasteiger charge is 2.29. The van der Waals surface area contributed by atoms with Crippen molar-refractivity contribution in [3.63, 3.8) is 0 Å². The van der Waals surface area contributed by atoms with Crippen molar-refractivity contribution in [1.29, 1.82) is 0 Å². The summed E-state index contributed by atoms with van der Waals surface area (Å²) in [5, 5.41) is 3.36. The minimum absolute atomic E-state index is 0.141. The van der Waals surface area contributed by atoms with Crippen LogP contribution in [0.15, 0.2) is 46.4 Å². The van der Waals surface area contributed by atoms with Crippen molar-refractivity contribution in [2.24, 2.45) is 10.7 Å². The second kappa shape index (κ2) is 6.48. The van der Waals surface area contributed by atoms with Gasteiger partial charge in [0.1, 0.15) is 5.69 Å². The molecule has 0 aliphatic carbocycles. The molecule has 1 aromatic heterocycles. The zero-order valence-corrected chi connectivity index (χ0v) is 13.9. The van der Waals surface area contributed by atoms with E-state index in [1.165, 1.54) is 6.20 Å². The molecule has 0 saturated carbocycles. The van der Waals surface area contributed by atoms with Gasteiger partial charge in [-0.15, -0.1) is 0 Å². The number of carbonyl (C=O) groups excluding carboxylic acids is 1. The molecule has 2 aromatic rings. The van der Waals surface area contributed by atoms with E-state index in [-0.39, 0.29) is 11.3 Å². The zero-order valence-electron chi connectivity index (χ0n) is 13.1. The monoisotopic (exact) mass is 343 g/mol. The first-order valence-electron chi connectivity index (χ1n) is 7.41. The number of hydrogen-bond donors (Lipinski definition) is 3. The summed E-state index contributed by atoms with van der Waals surface area (Å²) in [6.45, 7) is 2.03. The predicted octanol–water partition coefficient (Wildman–Crippen LogP) is 1.69. The van der Waals surface area contributed by atoms with Gasteiger partial charge < -0.3 is 16.0 Å². The van der Waals surface area contributed by atoms with Gasteiger partial charge in [-0.3, -0.25) is 14.6 Å². The molecule has 4 N–H and O–H groups in total. The third-order valence-corrected chi connectivity index (χ3v) is 4.64. The number of rotatable bonds is 3. The maximum absolute atomic E-state index is 12.2. The van der Waals surface area contributed by atoms with Crippen molar-refractivity contribution in [2.75, 3.05) is 11.1 Å². The number of benzene rings is 1. The Balaban J connectivity index is 1.83. The number of nitrogens with one attached hydrogen (secondary N) is 2. The normalized spacial score (nSPS) is 20.3. The molecule has 0 radical (unpaired) electrons. The first-order valence-corrected chi connectivity index (χ1v) is 8.40. The van der Waals surface area contributed by atoms with Crippen LogP contribution in [0.5, 0.6) is 0 Å². The molecular formula is C16H17N5O2S. The number of anilines is 1. The molecule has 3 rings (SSSR count). The van der Waals surface area contributed by atoms with Gasteiger partial charge >= 0.3 is 0 Å². The molecule has 8 heteroatoms. The van der Waals surface area contributed by atoms with Crippen LogP contribution in [0.1, 0.15) is 29.4 Å². The summed E-state index contributed by atoms with van der Waals surface area (Å²) >= 11 is 1.55. The molecule has 0 spiro atoms. The number of nitrogens with zero attached hydrogens (tertiary/aromatic N) is 2. The van der Waals surface area contributed by atoms with E-state index in [4.69, 9.17) is 5.73 Å². The number of amidine groups is 1. The van der Waals surface area contributed by atoms with E-state index in [0.29, 0.717) is 10.9 Å².